The van der Waals surface area contributed by atoms with Crippen LogP contribution in [0.15, 0.2) is 24.3 Å². The van der Waals surface area contributed by atoms with Gasteiger partial charge in [0.1, 0.15) is 0 Å². The van der Waals surface area contributed by atoms with Gasteiger partial charge in [0.2, 0.25) is 5.91 Å². The van der Waals surface area contributed by atoms with Gasteiger partial charge in [-0.05, 0) is 31.4 Å². The molecule has 0 bridgehead atoms. The maximum Gasteiger partial charge on any atom is 0.237 e. The van der Waals surface area contributed by atoms with Crippen LogP contribution in [0.4, 0.5) is 5.69 Å². The number of likely N-dealkylation sites (N-methyl/N-ethyl adjacent to an activating group) is 1. The summed E-state index contributed by atoms with van der Waals surface area (Å²) in [4.78, 5) is 16.9. The molecule has 2 aliphatic rings. The Labute approximate surface area is 138 Å². The molecular formula is C18H27N3O2. The normalized spacial score (nSPS) is 24.4. The Bertz CT molecular complexity index is 543. The molecule has 0 aliphatic carbocycles. The monoisotopic (exact) mass is 317 g/mol. The summed E-state index contributed by atoms with van der Waals surface area (Å²) >= 11 is 0. The second-order valence-corrected chi connectivity index (χ2v) is 6.65. The van der Waals surface area contributed by atoms with E-state index in [4.69, 9.17) is 4.74 Å². The number of nitrogens with one attached hydrogen (secondary N) is 1. The average Bonchev–Trinajstić information content (AvgIpc) is 3.01. The quantitative estimate of drug-likeness (QED) is 0.917. The van der Waals surface area contributed by atoms with E-state index in [1.165, 1.54) is 11.3 Å². The molecule has 1 aromatic rings. The van der Waals surface area contributed by atoms with E-state index in [0.29, 0.717) is 13.1 Å². The van der Waals surface area contributed by atoms with Gasteiger partial charge in [0, 0.05) is 45.0 Å². The number of ether oxygens (including phenoxy) is 1. The Hall–Kier alpha value is -1.59. The number of rotatable bonds is 4. The van der Waals surface area contributed by atoms with E-state index < -0.39 is 0 Å². The largest absolute Gasteiger partial charge is 0.377 e. The Kier molecular flexibility index (Phi) is 5.18. The molecule has 0 radical (unpaired) electrons. The van der Waals surface area contributed by atoms with Gasteiger partial charge in [0.15, 0.2) is 0 Å². The number of fused-ring (bicyclic) bond motifs is 1. The molecule has 3 rings (SSSR count). The SMILES string of the molecule is C[C@H]1CN(C)c2ccccc2CN1C(=O)CNC[C@H]1CCCO1. The molecule has 0 aromatic heterocycles. The molecule has 1 N–H and O–H groups in total. The number of hydrogen-bond acceptors (Lipinski definition) is 4. The van der Waals surface area contributed by atoms with Gasteiger partial charge >= 0.3 is 0 Å². The summed E-state index contributed by atoms with van der Waals surface area (Å²) in [6.07, 6.45) is 2.50. The van der Waals surface area contributed by atoms with Crippen LogP contribution in [0, 0.1) is 0 Å². The van der Waals surface area contributed by atoms with E-state index >= 15 is 0 Å². The van der Waals surface area contributed by atoms with Crippen LogP contribution in [0.2, 0.25) is 0 Å². The molecule has 0 saturated carbocycles. The summed E-state index contributed by atoms with van der Waals surface area (Å²) in [5.74, 6) is 0.167. The molecule has 126 valence electrons. The van der Waals surface area contributed by atoms with Crippen LogP contribution in [0.25, 0.3) is 0 Å². The summed E-state index contributed by atoms with van der Waals surface area (Å²) in [6.45, 7) is 5.67. The number of hydrogen-bond donors (Lipinski definition) is 1. The molecule has 5 heteroatoms. The van der Waals surface area contributed by atoms with E-state index in [1.807, 2.05) is 11.0 Å². The fourth-order valence-corrected chi connectivity index (χ4v) is 3.53. The molecule has 0 unspecified atom stereocenters. The first-order valence-electron chi connectivity index (χ1n) is 8.56. The van der Waals surface area contributed by atoms with Gasteiger partial charge in [-0.1, -0.05) is 18.2 Å². The Balaban J connectivity index is 1.60. The van der Waals surface area contributed by atoms with Crippen molar-refractivity contribution in [2.45, 2.75) is 38.5 Å². The van der Waals surface area contributed by atoms with E-state index in [0.717, 1.165) is 32.5 Å². The van der Waals surface area contributed by atoms with Gasteiger partial charge in [-0.2, -0.15) is 0 Å². The van der Waals surface area contributed by atoms with Gasteiger partial charge in [-0.15, -0.1) is 0 Å². The molecule has 2 aliphatic heterocycles. The zero-order valence-corrected chi connectivity index (χ0v) is 14.1. The molecule has 2 atom stereocenters. The molecule has 0 spiro atoms. The van der Waals surface area contributed by atoms with Crippen molar-refractivity contribution in [3.05, 3.63) is 29.8 Å². The molecule has 5 nitrogen and oxygen atoms in total. The lowest BCUT2D eigenvalue weighted by Crippen LogP contribution is -2.46. The third-order valence-corrected chi connectivity index (χ3v) is 4.81. The van der Waals surface area contributed by atoms with Crippen molar-refractivity contribution in [3.8, 4) is 0 Å². The molecule has 1 amide bonds. The number of nitrogens with zero attached hydrogens (tertiary/aromatic N) is 2. The predicted octanol–water partition coefficient (Wildman–Crippen LogP) is 1.62. The lowest BCUT2D eigenvalue weighted by molar-refractivity contribution is -0.132. The third kappa shape index (κ3) is 3.85. The zero-order valence-electron chi connectivity index (χ0n) is 14.1. The fraction of sp³-hybridized carbons (Fsp3) is 0.611. The minimum absolute atomic E-state index is 0.167. The van der Waals surface area contributed by atoms with Crippen molar-refractivity contribution >= 4 is 11.6 Å². The van der Waals surface area contributed by atoms with Crippen LogP contribution in [0.5, 0.6) is 0 Å². The number of carbonyl (C=O) groups excluding carboxylic acids is 1. The van der Waals surface area contributed by atoms with Crippen LogP contribution in [-0.4, -0.2) is 56.2 Å². The van der Waals surface area contributed by atoms with Gasteiger partial charge in [0.25, 0.3) is 0 Å². The lowest BCUT2D eigenvalue weighted by atomic mass is 10.1. The van der Waals surface area contributed by atoms with E-state index in [2.05, 4.69) is 42.4 Å². The topological polar surface area (TPSA) is 44.8 Å². The molecule has 23 heavy (non-hydrogen) atoms. The van der Waals surface area contributed by atoms with Gasteiger partial charge in [-0.25, -0.2) is 0 Å². The van der Waals surface area contributed by atoms with Crippen LogP contribution in [0.3, 0.4) is 0 Å². The Morgan fingerprint density at radius 1 is 1.39 bits per heavy atom. The second kappa shape index (κ2) is 7.32. The maximum atomic E-state index is 12.7. The van der Waals surface area contributed by atoms with Gasteiger partial charge in [0.05, 0.1) is 12.6 Å². The summed E-state index contributed by atoms with van der Waals surface area (Å²) in [5.41, 5.74) is 2.44. The van der Waals surface area contributed by atoms with Crippen molar-refractivity contribution < 1.29 is 9.53 Å². The molecule has 1 saturated heterocycles. The first-order valence-corrected chi connectivity index (χ1v) is 8.56. The predicted molar refractivity (Wildman–Crippen MR) is 91.6 cm³/mol. The van der Waals surface area contributed by atoms with Crippen molar-refractivity contribution in [1.29, 1.82) is 0 Å². The minimum Gasteiger partial charge on any atom is -0.377 e. The highest BCUT2D eigenvalue weighted by Gasteiger charge is 2.26. The van der Waals surface area contributed by atoms with Crippen molar-refractivity contribution in [1.82, 2.24) is 10.2 Å². The summed E-state index contributed by atoms with van der Waals surface area (Å²) in [6, 6.07) is 8.54. The average molecular weight is 317 g/mol. The van der Waals surface area contributed by atoms with Crippen LogP contribution >= 0.6 is 0 Å². The standard InChI is InChI=1S/C18H27N3O2/c1-14-12-20(2)17-8-4-3-6-15(17)13-21(14)18(22)11-19-10-16-7-5-9-23-16/h3-4,6,8,14,16,19H,5,7,9-13H2,1-2H3/t14-,16+/m0/s1. The fourth-order valence-electron chi connectivity index (χ4n) is 3.53. The minimum atomic E-state index is 0.167. The van der Waals surface area contributed by atoms with Crippen LogP contribution < -0.4 is 10.2 Å². The molecular weight excluding hydrogens is 290 g/mol. The van der Waals surface area contributed by atoms with Gasteiger partial charge < -0.3 is 19.9 Å². The lowest BCUT2D eigenvalue weighted by Gasteiger charge is -2.29. The molecule has 2 heterocycles. The number of carbonyl (C=O) groups is 1. The van der Waals surface area contributed by atoms with Crippen molar-refractivity contribution in [2.24, 2.45) is 0 Å². The highest BCUT2D eigenvalue weighted by molar-refractivity contribution is 5.79. The molecule has 1 fully saturated rings. The van der Waals surface area contributed by atoms with E-state index in [-0.39, 0.29) is 18.1 Å². The number of amides is 1. The van der Waals surface area contributed by atoms with Crippen molar-refractivity contribution in [2.75, 3.05) is 38.2 Å². The number of para-hydroxylation sites is 1. The first-order chi connectivity index (χ1) is 11.1. The van der Waals surface area contributed by atoms with Crippen LogP contribution in [0.1, 0.15) is 25.3 Å². The Morgan fingerprint density at radius 2 is 2.22 bits per heavy atom. The summed E-state index contributed by atoms with van der Waals surface area (Å²) in [7, 11) is 2.10. The van der Waals surface area contributed by atoms with Gasteiger partial charge in [-0.3, -0.25) is 4.79 Å². The van der Waals surface area contributed by atoms with E-state index in [9.17, 15) is 4.79 Å². The highest BCUT2D eigenvalue weighted by atomic mass is 16.5. The maximum absolute atomic E-state index is 12.7. The molecule has 1 aromatic carbocycles. The van der Waals surface area contributed by atoms with E-state index in [1.54, 1.807) is 0 Å². The number of anilines is 1. The summed E-state index contributed by atoms with van der Waals surface area (Å²) < 4.78 is 5.59. The summed E-state index contributed by atoms with van der Waals surface area (Å²) in [5, 5.41) is 3.27. The first kappa shape index (κ1) is 16.3. The second-order valence-electron chi connectivity index (χ2n) is 6.65. The Morgan fingerprint density at radius 3 is 3.00 bits per heavy atom. The smallest absolute Gasteiger partial charge is 0.237 e. The zero-order chi connectivity index (χ0) is 16.2. The third-order valence-electron chi connectivity index (χ3n) is 4.81. The number of benzene rings is 1. The van der Waals surface area contributed by atoms with Crippen molar-refractivity contribution in [3.63, 3.8) is 0 Å². The highest BCUT2D eigenvalue weighted by Crippen LogP contribution is 2.25. The van der Waals surface area contributed by atoms with Crippen LogP contribution in [-0.2, 0) is 16.1 Å².